The molecule has 0 spiro atoms. The summed E-state index contributed by atoms with van der Waals surface area (Å²) in [4.78, 5) is 0. The zero-order valence-electron chi connectivity index (χ0n) is 13.3. The standard InChI is InChI=1S/C17H30N4/c1-2-3-4-5-6-17-10-12-7-13(11-17)9-14(8-12)15(17)20-21-16(18)19/h12-14H,2-11H2,1H3,(H4,18,19,21)/b20-15+. The van der Waals surface area contributed by atoms with E-state index in [1.54, 1.807) is 0 Å². The first-order chi connectivity index (χ1) is 10.1. The summed E-state index contributed by atoms with van der Waals surface area (Å²) >= 11 is 0. The highest BCUT2D eigenvalue weighted by molar-refractivity contribution is 5.95. The smallest absolute Gasteiger partial charge is 0.206 e. The maximum absolute atomic E-state index is 7.38. The van der Waals surface area contributed by atoms with E-state index in [1.807, 2.05) is 0 Å². The largest absolute Gasteiger partial charge is 0.369 e. The van der Waals surface area contributed by atoms with Gasteiger partial charge < -0.3 is 5.73 Å². The fourth-order valence-electron chi connectivity index (χ4n) is 5.50. The average molecular weight is 290 g/mol. The molecule has 4 nitrogen and oxygen atoms in total. The molecule has 0 radical (unpaired) electrons. The van der Waals surface area contributed by atoms with Crippen molar-refractivity contribution >= 4 is 11.7 Å². The highest BCUT2D eigenvalue weighted by Gasteiger charge is 2.54. The third-order valence-electron chi connectivity index (χ3n) is 6.00. The lowest BCUT2D eigenvalue weighted by molar-refractivity contribution is 0.0397. The molecule has 4 bridgehead atoms. The summed E-state index contributed by atoms with van der Waals surface area (Å²) in [6.07, 6.45) is 13.4. The molecule has 4 aliphatic rings. The van der Waals surface area contributed by atoms with Gasteiger partial charge in [-0.1, -0.05) is 32.6 Å². The Morgan fingerprint density at radius 2 is 1.95 bits per heavy atom. The molecule has 0 aromatic rings. The van der Waals surface area contributed by atoms with Gasteiger partial charge in [-0.2, -0.15) is 5.10 Å². The number of nitrogens with two attached hydrogens (primary N) is 1. The Bertz CT molecular complexity index is 415. The van der Waals surface area contributed by atoms with Gasteiger partial charge in [-0.05, 0) is 50.4 Å². The van der Waals surface area contributed by atoms with E-state index in [1.165, 1.54) is 69.9 Å². The molecule has 4 N–H and O–H groups in total. The topological polar surface area (TPSA) is 74.3 Å². The molecule has 0 aromatic heterocycles. The lowest BCUT2D eigenvalue weighted by Gasteiger charge is -2.57. The van der Waals surface area contributed by atoms with Crippen LogP contribution in [0.2, 0.25) is 0 Å². The maximum Gasteiger partial charge on any atom is 0.206 e. The van der Waals surface area contributed by atoms with Crippen molar-refractivity contribution in [3.8, 4) is 0 Å². The lowest BCUT2D eigenvalue weighted by Crippen LogP contribution is -2.54. The van der Waals surface area contributed by atoms with E-state index in [9.17, 15) is 0 Å². The van der Waals surface area contributed by atoms with E-state index in [0.717, 1.165) is 11.8 Å². The maximum atomic E-state index is 7.38. The summed E-state index contributed by atoms with van der Waals surface area (Å²) < 4.78 is 0. The van der Waals surface area contributed by atoms with E-state index in [0.29, 0.717) is 11.3 Å². The molecule has 2 atom stereocenters. The van der Waals surface area contributed by atoms with E-state index < -0.39 is 0 Å². The first-order valence-corrected chi connectivity index (χ1v) is 8.81. The molecule has 118 valence electrons. The second kappa shape index (κ2) is 5.98. The Labute approximate surface area is 128 Å². The van der Waals surface area contributed by atoms with Crippen LogP contribution in [-0.2, 0) is 0 Å². The molecule has 0 saturated heterocycles. The van der Waals surface area contributed by atoms with Gasteiger partial charge in [0.2, 0.25) is 5.96 Å². The van der Waals surface area contributed by atoms with E-state index >= 15 is 0 Å². The van der Waals surface area contributed by atoms with Crippen molar-refractivity contribution in [2.24, 2.45) is 34.0 Å². The van der Waals surface area contributed by atoms with Crippen LogP contribution in [0.3, 0.4) is 0 Å². The summed E-state index contributed by atoms with van der Waals surface area (Å²) in [7, 11) is 0. The summed E-state index contributed by atoms with van der Waals surface area (Å²) in [6.45, 7) is 2.27. The predicted octanol–water partition coefficient (Wildman–Crippen LogP) is 3.62. The molecule has 0 heterocycles. The van der Waals surface area contributed by atoms with Gasteiger partial charge in [-0.15, -0.1) is 0 Å². The fourth-order valence-corrected chi connectivity index (χ4v) is 5.50. The molecule has 0 amide bonds. The predicted molar refractivity (Wildman–Crippen MR) is 87.2 cm³/mol. The van der Waals surface area contributed by atoms with Crippen molar-refractivity contribution in [3.63, 3.8) is 0 Å². The second-order valence-corrected chi connectivity index (χ2v) is 7.66. The third-order valence-corrected chi connectivity index (χ3v) is 6.00. The lowest BCUT2D eigenvalue weighted by atomic mass is 9.47. The third kappa shape index (κ3) is 2.95. The summed E-state index contributed by atoms with van der Waals surface area (Å²) in [5.74, 6) is 2.50. The van der Waals surface area contributed by atoms with Crippen molar-refractivity contribution in [2.75, 3.05) is 0 Å². The summed E-state index contributed by atoms with van der Waals surface area (Å²) in [6, 6.07) is 0. The van der Waals surface area contributed by atoms with Gasteiger partial charge in [0.1, 0.15) is 0 Å². The normalized spacial score (nSPS) is 38.9. The minimum absolute atomic E-state index is 0.0301. The van der Waals surface area contributed by atoms with Gasteiger partial charge >= 0.3 is 0 Å². The van der Waals surface area contributed by atoms with Crippen LogP contribution in [0.4, 0.5) is 0 Å². The zero-order valence-corrected chi connectivity index (χ0v) is 13.3. The van der Waals surface area contributed by atoms with Crippen LogP contribution >= 0.6 is 0 Å². The fraction of sp³-hybridized carbons (Fsp3) is 0.882. The number of nitrogens with zero attached hydrogens (tertiary/aromatic N) is 1. The van der Waals surface area contributed by atoms with Crippen LogP contribution in [-0.4, -0.2) is 11.7 Å². The van der Waals surface area contributed by atoms with Gasteiger partial charge in [0, 0.05) is 17.0 Å². The second-order valence-electron chi connectivity index (χ2n) is 7.66. The zero-order chi connectivity index (χ0) is 14.9. The molecule has 21 heavy (non-hydrogen) atoms. The van der Waals surface area contributed by atoms with Crippen LogP contribution in [0.5, 0.6) is 0 Å². The van der Waals surface area contributed by atoms with Crippen LogP contribution in [0, 0.1) is 28.6 Å². The van der Waals surface area contributed by atoms with Crippen molar-refractivity contribution in [1.29, 1.82) is 5.41 Å². The van der Waals surface area contributed by atoms with Crippen LogP contribution in [0.25, 0.3) is 0 Å². The summed E-state index contributed by atoms with van der Waals surface area (Å²) in [5, 5.41) is 12.0. The van der Waals surface area contributed by atoms with E-state index in [2.05, 4.69) is 17.5 Å². The Kier molecular flexibility index (Phi) is 4.23. The number of rotatable bonds is 6. The number of nitrogens with one attached hydrogen (secondary N) is 2. The number of unbranched alkanes of at least 4 members (excludes halogenated alkanes) is 3. The number of guanidine groups is 1. The Balaban J connectivity index is 1.75. The minimum atomic E-state index is -0.0301. The highest BCUT2D eigenvalue weighted by Crippen LogP contribution is 2.60. The monoisotopic (exact) mass is 290 g/mol. The Morgan fingerprint density at radius 1 is 1.24 bits per heavy atom. The Hall–Kier alpha value is -1.06. The molecule has 0 aromatic carbocycles. The van der Waals surface area contributed by atoms with Crippen LogP contribution in [0.15, 0.2) is 5.10 Å². The van der Waals surface area contributed by atoms with E-state index in [4.69, 9.17) is 11.1 Å². The van der Waals surface area contributed by atoms with Gasteiger partial charge in [-0.3, -0.25) is 5.41 Å². The number of hydrogen-bond acceptors (Lipinski definition) is 2. The van der Waals surface area contributed by atoms with E-state index in [-0.39, 0.29) is 5.96 Å². The first-order valence-electron chi connectivity index (χ1n) is 8.81. The minimum Gasteiger partial charge on any atom is -0.369 e. The quantitative estimate of drug-likeness (QED) is 0.302. The van der Waals surface area contributed by atoms with Crippen LogP contribution < -0.4 is 11.2 Å². The van der Waals surface area contributed by atoms with Crippen molar-refractivity contribution < 1.29 is 0 Å². The molecule has 0 aliphatic heterocycles. The number of hydrazone groups is 1. The SMILES string of the molecule is CCCCCCC12CC3CC(CC(C3)/C1=N\NC(=N)N)C2. The first kappa shape index (κ1) is 14.9. The van der Waals surface area contributed by atoms with Crippen LogP contribution in [0.1, 0.15) is 71.1 Å². The molecule has 4 heteroatoms. The van der Waals surface area contributed by atoms with Gasteiger partial charge in [0.05, 0.1) is 0 Å². The van der Waals surface area contributed by atoms with Gasteiger partial charge in [0.15, 0.2) is 0 Å². The van der Waals surface area contributed by atoms with Gasteiger partial charge in [-0.25, -0.2) is 5.43 Å². The molecular weight excluding hydrogens is 260 g/mol. The average Bonchev–Trinajstić information content (AvgIpc) is 2.42. The molecule has 4 saturated carbocycles. The summed E-state index contributed by atoms with van der Waals surface area (Å²) in [5.41, 5.74) is 9.89. The number of hydrogen-bond donors (Lipinski definition) is 3. The molecule has 4 aliphatic carbocycles. The molecule has 4 fully saturated rings. The molecule has 4 rings (SSSR count). The van der Waals surface area contributed by atoms with Crippen molar-refractivity contribution in [3.05, 3.63) is 0 Å². The van der Waals surface area contributed by atoms with Gasteiger partial charge in [0.25, 0.3) is 0 Å². The Morgan fingerprint density at radius 3 is 2.57 bits per heavy atom. The molecule has 2 unspecified atom stereocenters. The molecular formula is C17H30N4. The highest BCUT2D eigenvalue weighted by atomic mass is 15.3. The van der Waals surface area contributed by atoms with Crippen molar-refractivity contribution in [1.82, 2.24) is 5.43 Å². The van der Waals surface area contributed by atoms with Crippen molar-refractivity contribution in [2.45, 2.75) is 71.1 Å².